The first-order chi connectivity index (χ1) is 23.7. The van der Waals surface area contributed by atoms with Gasteiger partial charge in [-0.15, -0.1) is 34.0 Å². The molecular weight excluding hydrogens is 701 g/mol. The van der Waals surface area contributed by atoms with Crippen molar-refractivity contribution in [2.45, 2.75) is 12.8 Å². The third kappa shape index (κ3) is 8.85. The molecule has 5 aromatic rings. The van der Waals surface area contributed by atoms with Crippen LogP contribution in [0.2, 0.25) is 0 Å². The molecular formula is C36H28F4O6S3. The summed E-state index contributed by atoms with van der Waals surface area (Å²) in [5.74, 6) is -4.29. The molecule has 5 rings (SSSR count). The number of rotatable bonds is 16. The minimum atomic E-state index is -1.04. The third-order valence-electron chi connectivity index (χ3n) is 6.79. The average Bonchev–Trinajstić information content (AvgIpc) is 3.82. The summed E-state index contributed by atoms with van der Waals surface area (Å²) in [5, 5.41) is 0. The highest BCUT2D eigenvalue weighted by Crippen LogP contribution is 2.48. The first kappa shape index (κ1) is 35.6. The zero-order valence-electron chi connectivity index (χ0n) is 25.8. The molecule has 2 aromatic carbocycles. The van der Waals surface area contributed by atoms with Gasteiger partial charge in [0.1, 0.15) is 11.5 Å². The molecule has 0 unspecified atom stereocenters. The SMILES string of the molecule is C=CC(=O)OCCCOc1ccc(/C(F)=C(\F)c2cc3sc4cc(/C(F)=C(\F)c5ccc(OCCCOC(=O)C=C)cc5)sc4c3s2)cc1. The Morgan fingerprint density at radius 3 is 1.33 bits per heavy atom. The minimum Gasteiger partial charge on any atom is -0.493 e. The highest BCUT2D eigenvalue weighted by molar-refractivity contribution is 7.39. The van der Waals surface area contributed by atoms with E-state index in [1.54, 1.807) is 12.1 Å². The van der Waals surface area contributed by atoms with Crippen molar-refractivity contribution in [3.63, 3.8) is 0 Å². The van der Waals surface area contributed by atoms with Crippen LogP contribution < -0.4 is 9.47 Å². The van der Waals surface area contributed by atoms with Gasteiger partial charge in [0.2, 0.25) is 0 Å². The first-order valence-corrected chi connectivity index (χ1v) is 17.3. The van der Waals surface area contributed by atoms with Gasteiger partial charge >= 0.3 is 11.9 Å². The molecule has 6 nitrogen and oxygen atoms in total. The van der Waals surface area contributed by atoms with Gasteiger partial charge < -0.3 is 18.9 Å². The molecule has 0 bridgehead atoms. The maximum atomic E-state index is 15.3. The lowest BCUT2D eigenvalue weighted by molar-refractivity contribution is -0.138. The van der Waals surface area contributed by atoms with Gasteiger partial charge in [-0.05, 0) is 60.7 Å². The van der Waals surface area contributed by atoms with Crippen LogP contribution in [0.15, 0.2) is 86.0 Å². The Hall–Kier alpha value is -4.72. The topological polar surface area (TPSA) is 71.1 Å². The van der Waals surface area contributed by atoms with Gasteiger partial charge in [0.25, 0.3) is 0 Å². The van der Waals surface area contributed by atoms with Gasteiger partial charge in [0.05, 0.1) is 45.6 Å². The quantitative estimate of drug-likeness (QED) is 0.0436. The van der Waals surface area contributed by atoms with E-state index < -0.39 is 35.2 Å². The predicted molar refractivity (Wildman–Crippen MR) is 189 cm³/mol. The van der Waals surface area contributed by atoms with Crippen molar-refractivity contribution in [2.24, 2.45) is 0 Å². The molecule has 0 saturated carbocycles. The van der Waals surface area contributed by atoms with Gasteiger partial charge in [-0.3, -0.25) is 0 Å². The van der Waals surface area contributed by atoms with E-state index in [-0.39, 0.29) is 47.3 Å². The van der Waals surface area contributed by atoms with Crippen LogP contribution in [0.1, 0.15) is 33.7 Å². The van der Waals surface area contributed by atoms with Gasteiger partial charge in [0, 0.05) is 45.5 Å². The summed E-state index contributed by atoms with van der Waals surface area (Å²) in [6, 6.07) is 14.8. The summed E-state index contributed by atoms with van der Waals surface area (Å²) in [4.78, 5) is 22.3. The summed E-state index contributed by atoms with van der Waals surface area (Å²) in [5.41, 5.74) is 0.0535. The molecule has 3 heterocycles. The fraction of sp³-hybridized carbons (Fsp3) is 0.167. The molecule has 0 aliphatic heterocycles. The molecule has 0 aliphatic rings. The Bertz CT molecular complexity index is 1890. The van der Waals surface area contributed by atoms with Crippen LogP contribution in [0.5, 0.6) is 11.5 Å². The van der Waals surface area contributed by atoms with Gasteiger partial charge in [-0.2, -0.15) is 0 Å². The molecule has 254 valence electrons. The standard InChI is InChI=1S/C36H28F4O6S3/c1-3-29(41)45-17-5-15-43-23-11-7-21(8-12-23)31(37)33(39)25-19-27-35(48-25)36-28(47-27)20-26(49-36)34(40)32(38)22-9-13-24(14-10-22)44-16-6-18-46-30(42)4-2/h3-4,7-14,19-20H,1-2,5-6,15-18H2/b33-31+,34-32+. The van der Waals surface area contributed by atoms with Crippen molar-refractivity contribution in [1.29, 1.82) is 0 Å². The number of hydrogen-bond acceptors (Lipinski definition) is 9. The summed E-state index contributed by atoms with van der Waals surface area (Å²) in [7, 11) is 0. The molecule has 0 aliphatic carbocycles. The Kier molecular flexibility index (Phi) is 12.1. The number of hydrogen-bond donors (Lipinski definition) is 0. The first-order valence-electron chi connectivity index (χ1n) is 14.8. The molecule has 0 radical (unpaired) electrons. The Balaban J connectivity index is 1.24. The number of benzene rings is 2. The van der Waals surface area contributed by atoms with Crippen molar-refractivity contribution in [2.75, 3.05) is 26.4 Å². The lowest BCUT2D eigenvalue weighted by Crippen LogP contribution is -2.06. The number of halogens is 4. The van der Waals surface area contributed by atoms with E-state index in [9.17, 15) is 9.59 Å². The van der Waals surface area contributed by atoms with Crippen molar-refractivity contribution in [1.82, 2.24) is 0 Å². The van der Waals surface area contributed by atoms with E-state index in [2.05, 4.69) is 13.2 Å². The second kappa shape index (κ2) is 16.6. The molecule has 13 heteroatoms. The highest BCUT2D eigenvalue weighted by Gasteiger charge is 2.21. The molecule has 0 saturated heterocycles. The van der Waals surface area contributed by atoms with Gasteiger partial charge in [-0.25, -0.2) is 27.2 Å². The number of carbonyl (C=O) groups is 2. The number of fused-ring (bicyclic) bond motifs is 3. The zero-order chi connectivity index (χ0) is 34.9. The largest absolute Gasteiger partial charge is 0.493 e. The molecule has 49 heavy (non-hydrogen) atoms. The second-order valence-electron chi connectivity index (χ2n) is 10.2. The molecule has 0 amide bonds. The summed E-state index contributed by atoms with van der Waals surface area (Å²) in [6.07, 6.45) is 3.03. The van der Waals surface area contributed by atoms with Gasteiger partial charge in [0.15, 0.2) is 23.3 Å². The van der Waals surface area contributed by atoms with E-state index in [0.29, 0.717) is 43.1 Å². The zero-order valence-corrected chi connectivity index (χ0v) is 28.2. The highest BCUT2D eigenvalue weighted by atomic mass is 32.1. The minimum absolute atomic E-state index is 0.0268. The summed E-state index contributed by atoms with van der Waals surface area (Å²) in [6.45, 7) is 7.48. The third-order valence-corrected chi connectivity index (χ3v) is 10.6. The number of ether oxygens (including phenoxy) is 4. The Morgan fingerprint density at radius 2 is 0.959 bits per heavy atom. The van der Waals surface area contributed by atoms with Crippen LogP contribution >= 0.6 is 34.0 Å². The maximum absolute atomic E-state index is 15.3. The lowest BCUT2D eigenvalue weighted by atomic mass is 10.1. The molecule has 3 aromatic heterocycles. The van der Waals surface area contributed by atoms with Crippen LogP contribution in [0.4, 0.5) is 17.6 Å². The lowest BCUT2D eigenvalue weighted by Gasteiger charge is -2.07. The smallest absolute Gasteiger partial charge is 0.330 e. The van der Waals surface area contributed by atoms with Crippen molar-refractivity contribution in [3.05, 3.63) is 107 Å². The van der Waals surface area contributed by atoms with E-state index in [4.69, 9.17) is 18.9 Å². The number of esters is 2. The fourth-order valence-corrected chi connectivity index (χ4v) is 8.26. The maximum Gasteiger partial charge on any atom is 0.330 e. The predicted octanol–water partition coefficient (Wildman–Crippen LogP) is 10.7. The summed E-state index contributed by atoms with van der Waals surface area (Å²) < 4.78 is 84.5. The van der Waals surface area contributed by atoms with Crippen molar-refractivity contribution in [3.8, 4) is 11.5 Å². The Morgan fingerprint density at radius 1 is 0.571 bits per heavy atom. The van der Waals surface area contributed by atoms with Crippen LogP contribution in [-0.2, 0) is 19.1 Å². The van der Waals surface area contributed by atoms with E-state index in [1.807, 2.05) is 0 Å². The monoisotopic (exact) mass is 728 g/mol. The van der Waals surface area contributed by atoms with E-state index in [0.717, 1.165) is 34.8 Å². The molecule has 0 atom stereocenters. The van der Waals surface area contributed by atoms with Crippen LogP contribution in [-0.4, -0.2) is 38.4 Å². The Labute approximate surface area is 290 Å². The average molecular weight is 729 g/mol. The molecule has 0 spiro atoms. The fourth-order valence-electron chi connectivity index (χ4n) is 4.38. The molecule has 0 fully saturated rings. The van der Waals surface area contributed by atoms with Crippen molar-refractivity contribution < 1.29 is 46.1 Å². The van der Waals surface area contributed by atoms with Crippen LogP contribution in [0, 0.1) is 0 Å². The van der Waals surface area contributed by atoms with E-state index >= 15 is 17.6 Å². The van der Waals surface area contributed by atoms with Crippen LogP contribution in [0.3, 0.4) is 0 Å². The van der Waals surface area contributed by atoms with Crippen LogP contribution in [0.25, 0.3) is 42.1 Å². The van der Waals surface area contributed by atoms with Crippen molar-refractivity contribution >= 4 is 88.1 Å². The molecule has 0 N–H and O–H groups in total. The number of thiophene rings is 3. The number of carbonyl (C=O) groups excluding carboxylic acids is 2. The summed E-state index contributed by atoms with van der Waals surface area (Å²) >= 11 is 3.36. The van der Waals surface area contributed by atoms with Gasteiger partial charge in [-0.1, -0.05) is 13.2 Å². The second-order valence-corrected chi connectivity index (χ2v) is 13.4. The van der Waals surface area contributed by atoms with E-state index in [1.165, 1.54) is 59.9 Å². The normalized spacial score (nSPS) is 12.3.